The standard InChI is InChI=1S/C24H32FN5O2/c1-2-26-24(27-14-6-16-30-15-5-3-4-7-23(30)31)29-18-19-8-13-22(28-17-19)32-21-11-9-20(25)10-12-21/h8-13,17H,2-7,14-16,18H2,1H3,(H2,26,27,29). The molecule has 0 bridgehead atoms. The predicted molar refractivity (Wildman–Crippen MR) is 123 cm³/mol. The molecule has 1 aromatic heterocycles. The number of halogens is 1. The molecule has 1 amide bonds. The Balaban J connectivity index is 1.45. The maximum Gasteiger partial charge on any atom is 0.222 e. The Bertz CT molecular complexity index is 871. The molecule has 2 N–H and O–H groups in total. The van der Waals surface area contributed by atoms with Crippen LogP contribution in [0.25, 0.3) is 0 Å². The molecule has 0 aliphatic carbocycles. The minimum Gasteiger partial charge on any atom is -0.439 e. The highest BCUT2D eigenvalue weighted by molar-refractivity contribution is 5.79. The van der Waals surface area contributed by atoms with E-state index in [0.717, 1.165) is 63.4 Å². The molecule has 1 aliphatic heterocycles. The van der Waals surface area contributed by atoms with E-state index >= 15 is 0 Å². The largest absolute Gasteiger partial charge is 0.439 e. The number of ether oxygens (including phenoxy) is 1. The Morgan fingerprint density at radius 1 is 1.16 bits per heavy atom. The summed E-state index contributed by atoms with van der Waals surface area (Å²) in [7, 11) is 0. The number of benzene rings is 1. The Morgan fingerprint density at radius 2 is 2.00 bits per heavy atom. The van der Waals surface area contributed by atoms with Crippen molar-refractivity contribution in [3.8, 4) is 11.6 Å². The van der Waals surface area contributed by atoms with Crippen molar-refractivity contribution in [3.63, 3.8) is 0 Å². The number of pyridine rings is 1. The fraction of sp³-hybridized carbons (Fsp3) is 0.458. The summed E-state index contributed by atoms with van der Waals surface area (Å²) in [5, 5.41) is 6.58. The zero-order valence-electron chi connectivity index (χ0n) is 18.6. The van der Waals surface area contributed by atoms with Crippen molar-refractivity contribution >= 4 is 11.9 Å². The highest BCUT2D eigenvalue weighted by atomic mass is 19.1. The first-order chi connectivity index (χ1) is 15.6. The Morgan fingerprint density at radius 3 is 2.75 bits per heavy atom. The molecule has 8 heteroatoms. The molecule has 3 rings (SSSR count). The molecule has 7 nitrogen and oxygen atoms in total. The summed E-state index contributed by atoms with van der Waals surface area (Å²) in [6.45, 7) is 5.67. The molecule has 0 saturated carbocycles. The van der Waals surface area contributed by atoms with Crippen LogP contribution in [0.3, 0.4) is 0 Å². The molecule has 0 spiro atoms. The molecule has 1 aliphatic rings. The molecule has 1 fully saturated rings. The van der Waals surface area contributed by atoms with Crippen molar-refractivity contribution in [1.82, 2.24) is 20.5 Å². The van der Waals surface area contributed by atoms with Gasteiger partial charge in [-0.2, -0.15) is 0 Å². The van der Waals surface area contributed by atoms with Crippen LogP contribution in [0.4, 0.5) is 4.39 Å². The number of rotatable bonds is 9. The summed E-state index contributed by atoms with van der Waals surface area (Å²) in [5.74, 6) is 1.69. The summed E-state index contributed by atoms with van der Waals surface area (Å²) in [4.78, 5) is 23.0. The third kappa shape index (κ3) is 7.83. The van der Waals surface area contributed by atoms with Crippen LogP contribution < -0.4 is 15.4 Å². The van der Waals surface area contributed by atoms with Gasteiger partial charge in [0.05, 0.1) is 6.54 Å². The van der Waals surface area contributed by atoms with E-state index < -0.39 is 0 Å². The van der Waals surface area contributed by atoms with Crippen molar-refractivity contribution in [2.75, 3.05) is 26.2 Å². The lowest BCUT2D eigenvalue weighted by Gasteiger charge is -2.20. The van der Waals surface area contributed by atoms with Gasteiger partial charge in [0.15, 0.2) is 5.96 Å². The number of carbonyl (C=O) groups excluding carboxylic acids is 1. The number of nitrogens with zero attached hydrogens (tertiary/aromatic N) is 3. The smallest absolute Gasteiger partial charge is 0.222 e. The van der Waals surface area contributed by atoms with Crippen LogP contribution in [0.15, 0.2) is 47.6 Å². The van der Waals surface area contributed by atoms with E-state index in [0.29, 0.717) is 24.6 Å². The zero-order chi connectivity index (χ0) is 22.6. The van der Waals surface area contributed by atoms with E-state index in [1.165, 1.54) is 12.1 Å². The fourth-order valence-corrected chi connectivity index (χ4v) is 3.45. The third-order valence-electron chi connectivity index (χ3n) is 5.17. The van der Waals surface area contributed by atoms with E-state index in [2.05, 4.69) is 20.6 Å². The highest BCUT2D eigenvalue weighted by Gasteiger charge is 2.15. The second-order valence-electron chi connectivity index (χ2n) is 7.73. The van der Waals surface area contributed by atoms with Gasteiger partial charge in [-0.1, -0.05) is 12.5 Å². The second-order valence-corrected chi connectivity index (χ2v) is 7.73. The van der Waals surface area contributed by atoms with Gasteiger partial charge in [0.25, 0.3) is 0 Å². The number of likely N-dealkylation sites (tertiary alicyclic amines) is 1. The maximum absolute atomic E-state index is 13.0. The fourth-order valence-electron chi connectivity index (χ4n) is 3.45. The Kier molecular flexibility index (Phi) is 9.28. The third-order valence-corrected chi connectivity index (χ3v) is 5.17. The predicted octanol–water partition coefficient (Wildman–Crippen LogP) is 3.86. The Hall–Kier alpha value is -3.16. The van der Waals surface area contributed by atoms with Crippen LogP contribution in [0.5, 0.6) is 11.6 Å². The van der Waals surface area contributed by atoms with Crippen LogP contribution >= 0.6 is 0 Å². The summed E-state index contributed by atoms with van der Waals surface area (Å²) >= 11 is 0. The molecule has 172 valence electrons. The summed E-state index contributed by atoms with van der Waals surface area (Å²) in [6.07, 6.45) is 6.54. The van der Waals surface area contributed by atoms with Gasteiger partial charge in [0, 0.05) is 44.9 Å². The monoisotopic (exact) mass is 441 g/mol. The normalized spacial score (nSPS) is 14.8. The van der Waals surface area contributed by atoms with Gasteiger partial charge >= 0.3 is 0 Å². The van der Waals surface area contributed by atoms with Gasteiger partial charge in [-0.25, -0.2) is 14.4 Å². The number of hydrogen-bond acceptors (Lipinski definition) is 4. The maximum atomic E-state index is 13.0. The number of carbonyl (C=O) groups is 1. The quantitative estimate of drug-likeness (QED) is 0.351. The minimum atomic E-state index is -0.306. The lowest BCUT2D eigenvalue weighted by atomic mass is 10.2. The number of amides is 1. The van der Waals surface area contributed by atoms with Crippen LogP contribution in [-0.2, 0) is 11.3 Å². The number of guanidine groups is 1. The number of hydrogen-bond donors (Lipinski definition) is 2. The zero-order valence-corrected chi connectivity index (χ0v) is 18.6. The van der Waals surface area contributed by atoms with Gasteiger partial charge < -0.3 is 20.3 Å². The minimum absolute atomic E-state index is 0.280. The van der Waals surface area contributed by atoms with Crippen LogP contribution in [0.1, 0.15) is 44.6 Å². The van der Waals surface area contributed by atoms with Gasteiger partial charge in [0.2, 0.25) is 11.8 Å². The van der Waals surface area contributed by atoms with Gasteiger partial charge in [0.1, 0.15) is 11.6 Å². The van der Waals surface area contributed by atoms with Crippen molar-refractivity contribution in [1.29, 1.82) is 0 Å². The average Bonchev–Trinajstić information content (AvgIpc) is 3.01. The van der Waals surface area contributed by atoms with Gasteiger partial charge in [-0.15, -0.1) is 0 Å². The van der Waals surface area contributed by atoms with E-state index in [-0.39, 0.29) is 11.7 Å². The van der Waals surface area contributed by atoms with Crippen LogP contribution in [0.2, 0.25) is 0 Å². The molecule has 32 heavy (non-hydrogen) atoms. The van der Waals surface area contributed by atoms with Gasteiger partial charge in [-0.05, 0) is 56.0 Å². The van der Waals surface area contributed by atoms with Crippen LogP contribution in [-0.4, -0.2) is 47.9 Å². The molecular formula is C24H32FN5O2. The summed E-state index contributed by atoms with van der Waals surface area (Å²) in [5.41, 5.74) is 0.948. The molecular weight excluding hydrogens is 409 g/mol. The number of aliphatic imine (C=N–C) groups is 1. The first kappa shape index (κ1) is 23.5. The van der Waals surface area contributed by atoms with E-state index in [1.54, 1.807) is 24.4 Å². The molecule has 0 unspecified atom stereocenters. The highest BCUT2D eigenvalue weighted by Crippen LogP contribution is 2.19. The summed E-state index contributed by atoms with van der Waals surface area (Å²) < 4.78 is 18.6. The van der Waals surface area contributed by atoms with Crippen molar-refractivity contribution < 1.29 is 13.9 Å². The van der Waals surface area contributed by atoms with Crippen molar-refractivity contribution in [2.24, 2.45) is 4.99 Å². The summed E-state index contributed by atoms with van der Waals surface area (Å²) in [6, 6.07) is 9.49. The molecule has 1 aromatic carbocycles. The lowest BCUT2D eigenvalue weighted by Crippen LogP contribution is -2.39. The average molecular weight is 442 g/mol. The molecule has 2 aromatic rings. The first-order valence-electron chi connectivity index (χ1n) is 11.3. The van der Waals surface area contributed by atoms with Gasteiger partial charge in [-0.3, -0.25) is 4.79 Å². The van der Waals surface area contributed by atoms with E-state index in [9.17, 15) is 9.18 Å². The number of aromatic nitrogens is 1. The van der Waals surface area contributed by atoms with Crippen LogP contribution in [0, 0.1) is 5.82 Å². The SMILES string of the molecule is CCNC(=NCc1ccc(Oc2ccc(F)cc2)nc1)NCCCN1CCCCCC1=O. The second kappa shape index (κ2) is 12.6. The van der Waals surface area contributed by atoms with E-state index in [1.807, 2.05) is 17.9 Å². The molecule has 0 atom stereocenters. The molecule has 2 heterocycles. The van der Waals surface area contributed by atoms with E-state index in [4.69, 9.17) is 4.74 Å². The van der Waals surface area contributed by atoms with Crippen molar-refractivity contribution in [2.45, 2.75) is 45.6 Å². The molecule has 1 saturated heterocycles. The first-order valence-corrected chi connectivity index (χ1v) is 11.3. The topological polar surface area (TPSA) is 78.9 Å². The number of nitrogens with one attached hydrogen (secondary N) is 2. The lowest BCUT2D eigenvalue weighted by molar-refractivity contribution is -0.130. The molecule has 0 radical (unpaired) electrons. The Labute approximate surface area is 189 Å². The van der Waals surface area contributed by atoms with Crippen molar-refractivity contribution in [3.05, 3.63) is 54.0 Å².